The minimum atomic E-state index is -3.58. The zero-order chi connectivity index (χ0) is 28.3. The summed E-state index contributed by atoms with van der Waals surface area (Å²) in [5.41, 5.74) is 1.76. The summed E-state index contributed by atoms with van der Waals surface area (Å²) >= 11 is 5.85. The maximum absolute atomic E-state index is 14.1. The Kier molecular flexibility index (Phi) is 8.50. The molecule has 0 amide bonds. The molecule has 0 spiro atoms. The van der Waals surface area contributed by atoms with E-state index in [1.165, 1.54) is 24.3 Å². The van der Waals surface area contributed by atoms with Gasteiger partial charge in [0, 0.05) is 41.1 Å². The number of benzene rings is 2. The monoisotopic (exact) mass is 588 g/mol. The lowest BCUT2D eigenvalue weighted by molar-refractivity contribution is 0.0521. The van der Waals surface area contributed by atoms with Crippen molar-refractivity contribution in [3.8, 4) is 11.3 Å². The van der Waals surface area contributed by atoms with Crippen LogP contribution < -0.4 is 4.72 Å². The van der Waals surface area contributed by atoms with Crippen LogP contribution in [0.3, 0.4) is 0 Å². The summed E-state index contributed by atoms with van der Waals surface area (Å²) in [6, 6.07) is 10.4. The highest BCUT2D eigenvalue weighted by molar-refractivity contribution is 7.89. The van der Waals surface area contributed by atoms with Crippen molar-refractivity contribution >= 4 is 38.5 Å². The Bertz CT molecular complexity index is 1600. The van der Waals surface area contributed by atoms with Gasteiger partial charge in [-0.1, -0.05) is 16.8 Å². The Labute approximate surface area is 236 Å². The summed E-state index contributed by atoms with van der Waals surface area (Å²) in [5, 5.41) is 9.60. The number of halogens is 2. The smallest absolute Gasteiger partial charge is 0.355 e. The molecule has 2 aromatic carbocycles. The van der Waals surface area contributed by atoms with Crippen LogP contribution in [-0.2, 0) is 21.3 Å². The SMILES string of the molecule is CCOC(=O)c1[nH]c2ccc(F)cc2c1-c1cn(CC2CCN(CCNS(=O)(=O)c3ccc(Cl)cc3)CC2)nn1. The van der Waals surface area contributed by atoms with Crippen molar-refractivity contribution in [3.63, 3.8) is 0 Å². The van der Waals surface area contributed by atoms with Crippen LogP contribution in [0, 0.1) is 11.7 Å². The number of likely N-dealkylation sites (tertiary alicyclic amines) is 1. The van der Waals surface area contributed by atoms with E-state index in [0.29, 0.717) is 52.7 Å². The predicted molar refractivity (Wildman–Crippen MR) is 149 cm³/mol. The number of sulfonamides is 1. The number of aromatic nitrogens is 4. The zero-order valence-electron chi connectivity index (χ0n) is 21.9. The van der Waals surface area contributed by atoms with Crippen LogP contribution in [0.15, 0.2) is 53.6 Å². The molecule has 4 aromatic rings. The third kappa shape index (κ3) is 6.35. The van der Waals surface area contributed by atoms with E-state index in [1.54, 1.807) is 36.0 Å². The molecule has 0 atom stereocenters. The second kappa shape index (κ2) is 12.0. The van der Waals surface area contributed by atoms with Gasteiger partial charge < -0.3 is 14.6 Å². The first-order valence-corrected chi connectivity index (χ1v) is 15.0. The molecular formula is C27H30ClFN6O4S. The lowest BCUT2D eigenvalue weighted by Crippen LogP contribution is -2.40. The number of carbonyl (C=O) groups excluding carboxylic acids is 1. The molecule has 1 aliphatic rings. The van der Waals surface area contributed by atoms with Crippen LogP contribution in [0.2, 0.25) is 5.02 Å². The average molecular weight is 589 g/mol. The number of fused-ring (bicyclic) bond motifs is 1. The van der Waals surface area contributed by atoms with Crippen LogP contribution in [0.1, 0.15) is 30.3 Å². The minimum absolute atomic E-state index is 0.190. The third-order valence-corrected chi connectivity index (χ3v) is 8.76. The van der Waals surface area contributed by atoms with Gasteiger partial charge in [0.15, 0.2) is 0 Å². The molecule has 1 aliphatic heterocycles. The summed E-state index contributed by atoms with van der Waals surface area (Å²) in [4.78, 5) is 18.1. The van der Waals surface area contributed by atoms with E-state index in [2.05, 4.69) is 24.9 Å². The van der Waals surface area contributed by atoms with Crippen LogP contribution in [0.25, 0.3) is 22.2 Å². The second-order valence-electron chi connectivity index (χ2n) is 9.75. The quantitative estimate of drug-likeness (QED) is 0.268. The van der Waals surface area contributed by atoms with E-state index in [9.17, 15) is 17.6 Å². The van der Waals surface area contributed by atoms with Gasteiger partial charge in [-0.15, -0.1) is 5.10 Å². The maximum atomic E-state index is 14.1. The van der Waals surface area contributed by atoms with E-state index in [4.69, 9.17) is 16.3 Å². The van der Waals surface area contributed by atoms with Gasteiger partial charge in [-0.2, -0.15) is 0 Å². The first-order valence-electron chi connectivity index (χ1n) is 13.1. The van der Waals surface area contributed by atoms with E-state index in [-0.39, 0.29) is 17.2 Å². The molecule has 2 aromatic heterocycles. The molecule has 0 radical (unpaired) electrons. The highest BCUT2D eigenvalue weighted by Gasteiger charge is 2.25. The number of piperidine rings is 1. The van der Waals surface area contributed by atoms with Gasteiger partial charge in [0.2, 0.25) is 10.0 Å². The number of hydrogen-bond acceptors (Lipinski definition) is 7. The molecule has 1 fully saturated rings. The van der Waals surface area contributed by atoms with Crippen molar-refractivity contribution in [3.05, 3.63) is 65.2 Å². The molecule has 1 saturated heterocycles. The van der Waals surface area contributed by atoms with Crippen LogP contribution >= 0.6 is 11.6 Å². The minimum Gasteiger partial charge on any atom is -0.461 e. The number of esters is 1. The number of H-pyrrole nitrogens is 1. The standard InChI is InChI=1S/C27H30ClFN6O4S/c1-2-39-27(36)26-25(22-15-20(29)5-8-23(22)31-26)24-17-35(33-32-24)16-18-9-12-34(13-10-18)14-11-30-40(37,38)21-6-3-19(28)4-7-21/h3-8,15,17-18,30-31H,2,9-14,16H2,1H3. The van der Waals surface area contributed by atoms with Crippen molar-refractivity contribution in [1.29, 1.82) is 0 Å². The predicted octanol–water partition coefficient (Wildman–Crippen LogP) is 4.09. The Balaban J connectivity index is 1.18. The van der Waals surface area contributed by atoms with Gasteiger partial charge in [0.05, 0.1) is 17.7 Å². The van der Waals surface area contributed by atoms with Gasteiger partial charge in [-0.3, -0.25) is 4.68 Å². The zero-order valence-corrected chi connectivity index (χ0v) is 23.5. The summed E-state index contributed by atoms with van der Waals surface area (Å²) < 4.78 is 48.6. The van der Waals surface area contributed by atoms with Crippen LogP contribution in [0.5, 0.6) is 0 Å². The number of carbonyl (C=O) groups is 1. The van der Waals surface area contributed by atoms with Crippen LogP contribution in [-0.4, -0.2) is 72.1 Å². The molecule has 3 heterocycles. The van der Waals surface area contributed by atoms with Crippen molar-refractivity contribution in [1.82, 2.24) is 29.6 Å². The molecule has 2 N–H and O–H groups in total. The lowest BCUT2D eigenvalue weighted by atomic mass is 9.97. The highest BCUT2D eigenvalue weighted by Crippen LogP contribution is 2.32. The van der Waals surface area contributed by atoms with E-state index < -0.39 is 21.8 Å². The summed E-state index contributed by atoms with van der Waals surface area (Å²) in [6.07, 6.45) is 3.62. The Morgan fingerprint density at radius 1 is 1.20 bits per heavy atom. The number of ether oxygens (including phenoxy) is 1. The number of rotatable bonds is 10. The second-order valence-corrected chi connectivity index (χ2v) is 12.0. The normalized spacial score (nSPS) is 15.1. The Morgan fingerprint density at radius 3 is 2.67 bits per heavy atom. The van der Waals surface area contributed by atoms with Gasteiger partial charge in [0.1, 0.15) is 17.2 Å². The van der Waals surface area contributed by atoms with E-state index in [0.717, 1.165) is 25.9 Å². The molecule has 0 bridgehead atoms. The topological polar surface area (TPSA) is 122 Å². The number of nitrogens with zero attached hydrogens (tertiary/aromatic N) is 4. The van der Waals surface area contributed by atoms with E-state index in [1.807, 2.05) is 0 Å². The van der Waals surface area contributed by atoms with Crippen molar-refractivity contribution < 1.29 is 22.3 Å². The molecule has 0 saturated carbocycles. The van der Waals surface area contributed by atoms with Crippen molar-refractivity contribution in [2.24, 2.45) is 5.92 Å². The molecule has 5 rings (SSSR count). The number of hydrogen-bond donors (Lipinski definition) is 2. The Morgan fingerprint density at radius 2 is 1.95 bits per heavy atom. The molecular weight excluding hydrogens is 559 g/mol. The summed E-state index contributed by atoms with van der Waals surface area (Å²) in [5.74, 6) is -0.590. The highest BCUT2D eigenvalue weighted by atomic mass is 35.5. The number of aromatic amines is 1. The molecule has 0 unspecified atom stereocenters. The molecule has 13 heteroatoms. The van der Waals surface area contributed by atoms with Gasteiger partial charge in [-0.05, 0) is 81.2 Å². The maximum Gasteiger partial charge on any atom is 0.355 e. The fourth-order valence-electron chi connectivity index (χ4n) is 4.98. The lowest BCUT2D eigenvalue weighted by Gasteiger charge is -2.31. The molecule has 212 valence electrons. The Hall–Kier alpha value is -3.32. The number of nitrogens with one attached hydrogen (secondary N) is 2. The van der Waals surface area contributed by atoms with Gasteiger partial charge >= 0.3 is 5.97 Å². The fraction of sp³-hybridized carbons (Fsp3) is 0.370. The third-order valence-electron chi connectivity index (χ3n) is 7.03. The molecule has 10 nitrogen and oxygen atoms in total. The molecule has 0 aliphatic carbocycles. The summed E-state index contributed by atoms with van der Waals surface area (Å²) in [7, 11) is -3.58. The largest absolute Gasteiger partial charge is 0.461 e. The first kappa shape index (κ1) is 28.2. The first-order chi connectivity index (χ1) is 19.2. The van der Waals surface area contributed by atoms with E-state index >= 15 is 0 Å². The fourth-order valence-corrected chi connectivity index (χ4v) is 6.13. The molecule has 40 heavy (non-hydrogen) atoms. The average Bonchev–Trinajstić information content (AvgIpc) is 3.54. The summed E-state index contributed by atoms with van der Waals surface area (Å²) in [6.45, 7) is 5.18. The van der Waals surface area contributed by atoms with Crippen molar-refractivity contribution in [2.45, 2.75) is 31.2 Å². The van der Waals surface area contributed by atoms with Gasteiger partial charge in [-0.25, -0.2) is 22.3 Å². The van der Waals surface area contributed by atoms with Crippen LogP contribution in [0.4, 0.5) is 4.39 Å². The van der Waals surface area contributed by atoms with Gasteiger partial charge in [0.25, 0.3) is 0 Å². The van der Waals surface area contributed by atoms with Crippen molar-refractivity contribution in [2.75, 3.05) is 32.8 Å².